The molecule has 2 heterocycles. The highest BCUT2D eigenvalue weighted by molar-refractivity contribution is 6.24. The largest absolute Gasteiger partial charge is 0.368 e. The number of anilines is 1. The van der Waals surface area contributed by atoms with Gasteiger partial charge in [0, 0.05) is 17.7 Å². The van der Waals surface area contributed by atoms with Gasteiger partial charge in [-0.05, 0) is 30.7 Å². The Morgan fingerprint density at radius 2 is 1.54 bits per heavy atom. The Hall–Kier alpha value is -4.86. The van der Waals surface area contributed by atoms with Gasteiger partial charge in [0.15, 0.2) is 0 Å². The summed E-state index contributed by atoms with van der Waals surface area (Å²) in [6.45, 7) is 1.88. The number of benzene rings is 3. The zero-order valence-electron chi connectivity index (χ0n) is 19.7. The number of rotatable bonds is 5. The van der Waals surface area contributed by atoms with Crippen molar-refractivity contribution in [1.29, 1.82) is 0 Å². The molecular weight excluding hydrogens is 476 g/mol. The second kappa shape index (κ2) is 8.98. The number of non-ortho nitro benzene ring substituents is 1. The van der Waals surface area contributed by atoms with Gasteiger partial charge in [0.05, 0.1) is 28.5 Å². The van der Waals surface area contributed by atoms with E-state index in [2.05, 4.69) is 0 Å². The molecule has 0 bridgehead atoms. The first-order valence-electron chi connectivity index (χ1n) is 11.6. The van der Waals surface area contributed by atoms with Crippen molar-refractivity contribution in [2.24, 2.45) is 17.6 Å². The monoisotopic (exact) mass is 498 g/mol. The maximum Gasteiger partial charge on any atom is 0.271 e. The van der Waals surface area contributed by atoms with Gasteiger partial charge >= 0.3 is 0 Å². The van der Waals surface area contributed by atoms with Crippen molar-refractivity contribution in [2.45, 2.75) is 19.0 Å². The molecule has 2 N–H and O–H groups in total. The van der Waals surface area contributed by atoms with Crippen molar-refractivity contribution in [3.63, 3.8) is 0 Å². The lowest BCUT2D eigenvalue weighted by Crippen LogP contribution is -2.50. The number of amides is 4. The number of nitro groups is 1. The predicted molar refractivity (Wildman–Crippen MR) is 132 cm³/mol. The Balaban J connectivity index is 1.67. The standard InChI is InChI=1S/C27H22N4O6/c1-15-10-12-16(13-11-15)22-20-21(23(24(28)32)30(22)25(33)17-6-3-2-4-7-17)27(35)29(26(20)34)18-8-5-9-19(14-18)31(36)37/h2-14,20-23H,1H3,(H2,28,32). The molecule has 10 heteroatoms. The average Bonchev–Trinajstić information content (AvgIpc) is 3.37. The molecule has 2 aliphatic heterocycles. The van der Waals surface area contributed by atoms with Gasteiger partial charge in [0.1, 0.15) is 6.04 Å². The number of hydrogen-bond acceptors (Lipinski definition) is 6. The van der Waals surface area contributed by atoms with Crippen molar-refractivity contribution in [1.82, 2.24) is 4.90 Å². The Morgan fingerprint density at radius 3 is 2.16 bits per heavy atom. The lowest BCUT2D eigenvalue weighted by Gasteiger charge is -2.32. The Morgan fingerprint density at radius 1 is 0.892 bits per heavy atom. The minimum absolute atomic E-state index is 0.0189. The van der Waals surface area contributed by atoms with Crippen LogP contribution in [0.5, 0.6) is 0 Å². The van der Waals surface area contributed by atoms with Crippen molar-refractivity contribution < 1.29 is 24.1 Å². The second-order valence-corrected chi connectivity index (χ2v) is 9.12. The van der Waals surface area contributed by atoms with E-state index in [4.69, 9.17) is 5.73 Å². The molecule has 3 aromatic rings. The third kappa shape index (κ3) is 3.83. The quantitative estimate of drug-likeness (QED) is 0.325. The zero-order valence-corrected chi connectivity index (χ0v) is 19.7. The SMILES string of the molecule is Cc1ccc(C2C3C(=O)N(c4cccc([N+](=O)[O-])c4)C(=O)C3C(C(N)=O)N2C(=O)c2ccccc2)cc1. The van der Waals surface area contributed by atoms with Crippen LogP contribution in [0.2, 0.25) is 0 Å². The van der Waals surface area contributed by atoms with Crippen LogP contribution in [-0.2, 0) is 14.4 Å². The number of nitro benzene ring substituents is 1. The molecule has 2 aliphatic rings. The number of aryl methyl sites for hydroxylation is 1. The number of hydrogen-bond donors (Lipinski definition) is 1. The molecule has 37 heavy (non-hydrogen) atoms. The molecule has 0 saturated carbocycles. The van der Waals surface area contributed by atoms with Crippen LogP contribution in [0.4, 0.5) is 11.4 Å². The van der Waals surface area contributed by atoms with Crippen molar-refractivity contribution >= 4 is 35.0 Å². The topological polar surface area (TPSA) is 144 Å². The minimum Gasteiger partial charge on any atom is -0.368 e. The number of carbonyl (C=O) groups is 4. The first-order valence-corrected chi connectivity index (χ1v) is 11.6. The van der Waals surface area contributed by atoms with Gasteiger partial charge in [-0.3, -0.25) is 29.3 Å². The molecule has 10 nitrogen and oxygen atoms in total. The summed E-state index contributed by atoms with van der Waals surface area (Å²) in [6.07, 6.45) is 0. The van der Waals surface area contributed by atoms with Gasteiger partial charge in [-0.15, -0.1) is 0 Å². The van der Waals surface area contributed by atoms with Crippen LogP contribution in [0.25, 0.3) is 0 Å². The predicted octanol–water partition coefficient (Wildman–Crippen LogP) is 2.76. The highest BCUT2D eigenvalue weighted by Crippen LogP contribution is 2.51. The number of fused-ring (bicyclic) bond motifs is 1. The van der Waals surface area contributed by atoms with Crippen LogP contribution in [-0.4, -0.2) is 39.5 Å². The summed E-state index contributed by atoms with van der Waals surface area (Å²) in [7, 11) is 0. The number of nitrogens with two attached hydrogens (primary N) is 1. The number of primary amides is 1. The van der Waals surface area contributed by atoms with Crippen LogP contribution in [0.1, 0.15) is 27.5 Å². The van der Waals surface area contributed by atoms with E-state index in [9.17, 15) is 29.3 Å². The smallest absolute Gasteiger partial charge is 0.271 e. The third-order valence-electron chi connectivity index (χ3n) is 6.94. The van der Waals surface area contributed by atoms with Gasteiger partial charge in [-0.2, -0.15) is 0 Å². The highest BCUT2D eigenvalue weighted by Gasteiger charge is 2.65. The van der Waals surface area contributed by atoms with E-state index in [-0.39, 0.29) is 16.9 Å². The fourth-order valence-corrected chi connectivity index (χ4v) is 5.32. The Bertz CT molecular complexity index is 1440. The highest BCUT2D eigenvalue weighted by atomic mass is 16.6. The first-order chi connectivity index (χ1) is 17.7. The van der Waals surface area contributed by atoms with Crippen LogP contribution in [0.3, 0.4) is 0 Å². The van der Waals surface area contributed by atoms with Crippen molar-refractivity contribution in [2.75, 3.05) is 4.90 Å². The number of likely N-dealkylation sites (tertiary alicyclic amines) is 1. The molecule has 186 valence electrons. The zero-order chi connectivity index (χ0) is 26.4. The van der Waals surface area contributed by atoms with Gasteiger partial charge in [-0.1, -0.05) is 54.1 Å². The molecule has 4 unspecified atom stereocenters. The number of imide groups is 1. The average molecular weight is 498 g/mol. The second-order valence-electron chi connectivity index (χ2n) is 9.12. The lowest BCUT2D eigenvalue weighted by molar-refractivity contribution is -0.384. The summed E-state index contributed by atoms with van der Waals surface area (Å²) >= 11 is 0. The van der Waals surface area contributed by atoms with E-state index in [1.54, 1.807) is 42.5 Å². The van der Waals surface area contributed by atoms with Crippen LogP contribution in [0.15, 0.2) is 78.9 Å². The van der Waals surface area contributed by atoms with Crippen LogP contribution < -0.4 is 10.6 Å². The van der Waals surface area contributed by atoms with E-state index >= 15 is 0 Å². The molecule has 4 atom stereocenters. The number of nitrogens with zero attached hydrogens (tertiary/aromatic N) is 3. The van der Waals surface area contributed by atoms with E-state index in [0.717, 1.165) is 16.5 Å². The maximum atomic E-state index is 13.8. The molecular formula is C27H22N4O6. The van der Waals surface area contributed by atoms with Crippen LogP contribution in [0, 0.1) is 28.9 Å². The van der Waals surface area contributed by atoms with Crippen molar-refractivity contribution in [3.8, 4) is 0 Å². The fraction of sp³-hybridized carbons (Fsp3) is 0.185. The molecule has 2 saturated heterocycles. The van der Waals surface area contributed by atoms with Crippen LogP contribution >= 0.6 is 0 Å². The number of carbonyl (C=O) groups excluding carboxylic acids is 4. The van der Waals surface area contributed by atoms with E-state index in [0.29, 0.717) is 5.56 Å². The normalized spacial score (nSPS) is 22.7. The maximum absolute atomic E-state index is 13.8. The van der Waals surface area contributed by atoms with Crippen molar-refractivity contribution in [3.05, 3.63) is 106 Å². The van der Waals surface area contributed by atoms with E-state index < -0.39 is 52.5 Å². The summed E-state index contributed by atoms with van der Waals surface area (Å²) in [5, 5.41) is 11.3. The summed E-state index contributed by atoms with van der Waals surface area (Å²) < 4.78 is 0. The molecule has 2 fully saturated rings. The minimum atomic E-state index is -1.40. The summed E-state index contributed by atoms with van der Waals surface area (Å²) in [5.41, 5.74) is 7.29. The van der Waals surface area contributed by atoms with Gasteiger partial charge in [0.2, 0.25) is 17.7 Å². The van der Waals surface area contributed by atoms with E-state index in [1.807, 2.05) is 19.1 Å². The Labute approximate surface area is 211 Å². The molecule has 0 radical (unpaired) electrons. The molecule has 3 aromatic carbocycles. The molecule has 0 aliphatic carbocycles. The Kier molecular flexibility index (Phi) is 5.79. The molecule has 5 rings (SSSR count). The summed E-state index contributed by atoms with van der Waals surface area (Å²) in [4.78, 5) is 66.9. The van der Waals surface area contributed by atoms with Gasteiger partial charge in [0.25, 0.3) is 11.6 Å². The summed E-state index contributed by atoms with van der Waals surface area (Å²) in [6, 6.07) is 18.2. The fourth-order valence-electron chi connectivity index (χ4n) is 5.32. The molecule has 0 aromatic heterocycles. The van der Waals surface area contributed by atoms with Gasteiger partial charge < -0.3 is 10.6 Å². The molecule has 4 amide bonds. The first kappa shape index (κ1) is 23.9. The van der Waals surface area contributed by atoms with E-state index in [1.165, 1.54) is 23.1 Å². The molecule has 0 spiro atoms. The summed E-state index contributed by atoms with van der Waals surface area (Å²) in [5.74, 6) is -5.21. The van der Waals surface area contributed by atoms with Gasteiger partial charge in [-0.25, -0.2) is 4.90 Å². The third-order valence-corrected chi connectivity index (χ3v) is 6.94. The lowest BCUT2D eigenvalue weighted by atomic mass is 9.86.